The van der Waals surface area contributed by atoms with Crippen molar-refractivity contribution in [2.45, 2.75) is 152 Å². The van der Waals surface area contributed by atoms with E-state index in [0.29, 0.717) is 55.3 Å². The third-order valence-corrected chi connectivity index (χ3v) is 16.8. The molecule has 2 aliphatic heterocycles. The van der Waals surface area contributed by atoms with Crippen LogP contribution in [0.25, 0.3) is 10.8 Å². The fraction of sp³-hybridized carbons (Fsp3) is 0.364. The average molecular weight is 1050 g/mol. The zero-order valence-electron chi connectivity index (χ0n) is 45.3. The molecule has 76 heavy (non-hydrogen) atoms. The lowest BCUT2D eigenvalue weighted by molar-refractivity contribution is 0.0908. The molecule has 0 radical (unpaired) electrons. The number of nitrogens with zero attached hydrogens (tertiary/aromatic N) is 2. The predicted molar refractivity (Wildman–Crippen MR) is 310 cm³/mol. The van der Waals surface area contributed by atoms with Crippen LogP contribution in [0.1, 0.15) is 239 Å². The quantitative estimate of drug-likeness (QED) is 0.0807. The first kappa shape index (κ1) is 52.7. The summed E-state index contributed by atoms with van der Waals surface area (Å²) in [4.78, 5) is 63.3. The zero-order valence-corrected chi connectivity index (χ0v) is 47.1. The van der Waals surface area contributed by atoms with Gasteiger partial charge in [0, 0.05) is 32.0 Å². The van der Waals surface area contributed by atoms with Crippen LogP contribution < -0.4 is 19.3 Å². The molecule has 10 rings (SSSR count). The molecular weight excluding hydrogens is 981 g/mol. The first-order valence-electron chi connectivity index (χ1n) is 27.0. The molecule has 2 aliphatic carbocycles. The third kappa shape index (κ3) is 8.99. The highest BCUT2D eigenvalue weighted by atomic mass is 32.1. The zero-order chi connectivity index (χ0) is 54.0. The number of thiol groups is 2. The van der Waals surface area contributed by atoms with Gasteiger partial charge in [0.15, 0.2) is 0 Å². The maximum atomic E-state index is 15.0. The van der Waals surface area contributed by atoms with Crippen molar-refractivity contribution in [3.63, 3.8) is 0 Å². The second-order valence-electron chi connectivity index (χ2n) is 22.2. The van der Waals surface area contributed by atoms with Gasteiger partial charge in [-0.05, 0) is 130 Å². The lowest BCUT2D eigenvalue weighted by atomic mass is 9.85. The number of hydrogen-bond acceptors (Lipinski definition) is 8. The number of imide groups is 2. The highest BCUT2D eigenvalue weighted by molar-refractivity contribution is 7.80. The molecule has 388 valence electrons. The highest BCUT2D eigenvalue weighted by Crippen LogP contribution is 2.49. The molecule has 0 bridgehead atoms. The number of amides is 4. The van der Waals surface area contributed by atoms with Gasteiger partial charge in [-0.15, -0.1) is 25.3 Å². The van der Waals surface area contributed by atoms with Crippen molar-refractivity contribution in [2.75, 3.05) is 24.0 Å². The van der Waals surface area contributed by atoms with Crippen LogP contribution in [0, 0.1) is 23.7 Å². The van der Waals surface area contributed by atoms with Crippen molar-refractivity contribution in [1.29, 1.82) is 0 Å². The number of carbonyl (C=O) groups excluding carboxylic acids is 4. The van der Waals surface area contributed by atoms with E-state index in [0.717, 1.165) is 58.7 Å². The lowest BCUT2D eigenvalue weighted by Gasteiger charge is -2.28. The smallest absolute Gasteiger partial charge is 0.270 e. The van der Waals surface area contributed by atoms with E-state index in [1.165, 1.54) is 60.8 Å². The number of hydrogen-bond donors (Lipinski definition) is 2. The number of benzene rings is 6. The summed E-state index contributed by atoms with van der Waals surface area (Å²) in [6.45, 7) is 16.9. The molecule has 6 aromatic carbocycles. The summed E-state index contributed by atoms with van der Waals surface area (Å²) in [7, 11) is 2.97. The van der Waals surface area contributed by atoms with Gasteiger partial charge in [0.25, 0.3) is 23.6 Å². The molecule has 0 aromatic heterocycles. The van der Waals surface area contributed by atoms with E-state index >= 15 is 9.59 Å². The number of ether oxygens (including phenoxy) is 2. The maximum Gasteiger partial charge on any atom is 0.270 e. The molecule has 0 N–H and O–H groups in total. The second kappa shape index (κ2) is 21.0. The van der Waals surface area contributed by atoms with Crippen LogP contribution in [-0.2, 0) is 0 Å². The van der Waals surface area contributed by atoms with E-state index in [9.17, 15) is 9.59 Å². The Hall–Kier alpha value is -6.72. The number of fused-ring (bicyclic) bond motifs is 3. The van der Waals surface area contributed by atoms with E-state index < -0.39 is 23.6 Å². The first-order valence-corrected chi connectivity index (χ1v) is 27.9. The Morgan fingerprint density at radius 1 is 0.447 bits per heavy atom. The Kier molecular flexibility index (Phi) is 14.6. The Bertz CT molecular complexity index is 3280. The molecule has 8 nitrogen and oxygen atoms in total. The average Bonchev–Trinajstić information content (AvgIpc) is 4.25. The summed E-state index contributed by atoms with van der Waals surface area (Å²) in [5.74, 6) is 13.0. The number of methoxy groups -OCH3 is 2. The summed E-state index contributed by atoms with van der Waals surface area (Å²) < 4.78 is 11.6. The fourth-order valence-electron chi connectivity index (χ4n) is 12.3. The van der Waals surface area contributed by atoms with Crippen LogP contribution in [0.3, 0.4) is 0 Å². The highest BCUT2D eigenvalue weighted by Gasteiger charge is 2.46. The Balaban J connectivity index is 1.04. The SMILES string of the molecule is COc1c(S)cc(C#Cc2ccc(C#Cc3cc(S)c(OC)c4c3C(=O)N(c3c(C(C)C)cc(C5CCCC5)cc3C(C)C)C4=O)c3ccccc23)c2c1C(=O)N(c1c(C(C)C)cc(C3CCCC3)cc1C(C)C)C2=O. The normalized spacial score (nSPS) is 15.7. The van der Waals surface area contributed by atoms with E-state index in [4.69, 9.17) is 34.7 Å². The largest absolute Gasteiger partial charge is 0.495 e. The van der Waals surface area contributed by atoms with E-state index in [2.05, 4.69) is 103 Å². The van der Waals surface area contributed by atoms with E-state index in [1.54, 1.807) is 12.1 Å². The van der Waals surface area contributed by atoms with Crippen LogP contribution in [-0.4, -0.2) is 37.8 Å². The summed E-state index contributed by atoms with van der Waals surface area (Å²) in [5.41, 5.74) is 10.5. The van der Waals surface area contributed by atoms with Gasteiger partial charge in [-0.1, -0.05) is 153 Å². The van der Waals surface area contributed by atoms with Gasteiger partial charge in [0.1, 0.15) is 11.5 Å². The molecular formula is C66H66N2O6S2. The Morgan fingerprint density at radius 3 is 1.05 bits per heavy atom. The van der Waals surface area contributed by atoms with Crippen LogP contribution in [0.4, 0.5) is 11.4 Å². The van der Waals surface area contributed by atoms with Gasteiger partial charge >= 0.3 is 0 Å². The van der Waals surface area contributed by atoms with Gasteiger partial charge < -0.3 is 9.47 Å². The summed E-state index contributed by atoms with van der Waals surface area (Å²) in [5, 5.41) is 1.62. The molecule has 2 fully saturated rings. The fourth-order valence-corrected chi connectivity index (χ4v) is 12.9. The third-order valence-electron chi connectivity index (χ3n) is 16.2. The van der Waals surface area contributed by atoms with Crippen molar-refractivity contribution >= 4 is 71.0 Å². The second-order valence-corrected chi connectivity index (χ2v) is 23.2. The monoisotopic (exact) mass is 1050 g/mol. The number of rotatable bonds is 10. The molecule has 4 aliphatic rings. The molecule has 4 amide bonds. The van der Waals surface area contributed by atoms with Crippen molar-refractivity contribution in [3.05, 3.63) is 151 Å². The molecule has 0 unspecified atom stereocenters. The molecule has 2 heterocycles. The van der Waals surface area contributed by atoms with Crippen molar-refractivity contribution < 1.29 is 28.7 Å². The summed E-state index contributed by atoms with van der Waals surface area (Å²) in [6.07, 6.45) is 9.36. The topological polar surface area (TPSA) is 93.2 Å². The molecule has 0 atom stereocenters. The van der Waals surface area contributed by atoms with Gasteiger partial charge in [0.05, 0.1) is 47.8 Å². The minimum absolute atomic E-state index is 0.0423. The first-order chi connectivity index (χ1) is 36.4. The van der Waals surface area contributed by atoms with Crippen molar-refractivity contribution in [2.24, 2.45) is 0 Å². The van der Waals surface area contributed by atoms with E-state index in [-0.39, 0.29) is 57.4 Å². The summed E-state index contributed by atoms with van der Waals surface area (Å²) in [6, 6.07) is 23.9. The molecule has 6 aromatic rings. The summed E-state index contributed by atoms with van der Waals surface area (Å²) >= 11 is 9.57. The Morgan fingerprint density at radius 2 is 0.750 bits per heavy atom. The van der Waals surface area contributed by atoms with Gasteiger partial charge in [-0.3, -0.25) is 19.2 Å². The van der Waals surface area contributed by atoms with Crippen LogP contribution in [0.5, 0.6) is 11.5 Å². The predicted octanol–water partition coefficient (Wildman–Crippen LogP) is 15.6. The van der Waals surface area contributed by atoms with E-state index in [1.807, 2.05) is 36.4 Å². The Labute approximate surface area is 459 Å². The molecule has 10 heteroatoms. The van der Waals surface area contributed by atoms with Gasteiger partial charge in [0.2, 0.25) is 0 Å². The van der Waals surface area contributed by atoms with Crippen LogP contribution >= 0.6 is 25.3 Å². The molecule has 2 saturated carbocycles. The maximum absolute atomic E-state index is 15.0. The standard InChI is InChI=1S/C66H66N2O6S2/c1-35(2)49-29-45(39-17-11-12-18-39)30-50(36(3)4)59(49)67-63(69)55-43(33-53(75)61(73-9)57(55)65(67)71)27-25-41-23-24-42(48-22-16-15-21-47(41)48)26-28-44-34-54(76)62(74-10)58-56(44)64(70)68(66(58)72)60-51(37(5)6)31-46(32-52(60)38(7)8)40-19-13-14-20-40/h15-16,21-24,29-40,75-76H,11-14,17-20H2,1-10H3. The van der Waals surface area contributed by atoms with Crippen molar-refractivity contribution in [3.8, 4) is 35.2 Å². The van der Waals surface area contributed by atoms with Crippen molar-refractivity contribution in [1.82, 2.24) is 0 Å². The minimum atomic E-state index is -0.457. The van der Waals surface area contributed by atoms with Gasteiger partial charge in [-0.2, -0.15) is 0 Å². The minimum Gasteiger partial charge on any atom is -0.495 e. The molecule has 0 saturated heterocycles. The van der Waals surface area contributed by atoms with Crippen LogP contribution in [0.15, 0.2) is 82.6 Å². The number of carbonyl (C=O) groups is 4. The number of anilines is 2. The van der Waals surface area contributed by atoms with Gasteiger partial charge in [-0.25, -0.2) is 9.80 Å². The van der Waals surface area contributed by atoms with Crippen LogP contribution in [0.2, 0.25) is 0 Å². The lowest BCUT2D eigenvalue weighted by Crippen LogP contribution is -2.32. The molecule has 0 spiro atoms.